The summed E-state index contributed by atoms with van der Waals surface area (Å²) in [4.78, 5) is 22.9. The highest BCUT2D eigenvalue weighted by atomic mass is 32.2. The third kappa shape index (κ3) is 5.22. The van der Waals surface area contributed by atoms with Crippen LogP contribution >= 0.6 is 11.3 Å². The van der Waals surface area contributed by atoms with Crippen LogP contribution in [-0.2, 0) is 32.2 Å². The molecule has 1 fully saturated rings. The van der Waals surface area contributed by atoms with E-state index in [1.165, 1.54) is 6.07 Å². The summed E-state index contributed by atoms with van der Waals surface area (Å²) in [6.45, 7) is 0.0247. The van der Waals surface area contributed by atoms with Crippen molar-refractivity contribution in [1.82, 2.24) is 9.88 Å². The van der Waals surface area contributed by atoms with E-state index in [4.69, 9.17) is 10.5 Å². The molecular formula is C21H18F3N3O7S2. The van der Waals surface area contributed by atoms with Crippen molar-refractivity contribution in [3.05, 3.63) is 59.4 Å². The fourth-order valence-electron chi connectivity index (χ4n) is 3.71. The normalized spacial score (nSPS) is 19.7. The van der Waals surface area contributed by atoms with E-state index in [1.54, 1.807) is 24.3 Å². The first kappa shape index (κ1) is 25.7. The first-order valence-corrected chi connectivity index (χ1v) is 12.5. The van der Waals surface area contributed by atoms with Crippen molar-refractivity contribution in [2.24, 2.45) is 5.73 Å². The monoisotopic (exact) mass is 545 g/mol. The van der Waals surface area contributed by atoms with Gasteiger partial charge in [-0.05, 0) is 29.7 Å². The Balaban J connectivity index is 1.52. The molecular weight excluding hydrogens is 527 g/mol. The molecule has 2 heterocycles. The number of alkyl halides is 3. The molecule has 1 aliphatic rings. The number of thiophene rings is 1. The lowest BCUT2D eigenvalue weighted by Crippen LogP contribution is -2.44. The molecule has 192 valence electrons. The number of hydrogen-bond acceptors (Lipinski definition) is 8. The second-order valence-electron chi connectivity index (χ2n) is 7.99. The first-order valence-electron chi connectivity index (χ1n) is 10.2. The molecule has 0 saturated heterocycles. The number of carbonyl (C=O) groups excluding carboxylic acids is 1. The van der Waals surface area contributed by atoms with E-state index in [0.29, 0.717) is 29.4 Å². The van der Waals surface area contributed by atoms with Gasteiger partial charge in [0.1, 0.15) is 15.4 Å². The van der Waals surface area contributed by atoms with Crippen molar-refractivity contribution in [2.45, 2.75) is 34.7 Å². The van der Waals surface area contributed by atoms with Gasteiger partial charge in [0.05, 0.1) is 11.5 Å². The van der Waals surface area contributed by atoms with Crippen molar-refractivity contribution < 1.29 is 45.5 Å². The second-order valence-corrected chi connectivity index (χ2v) is 11.0. The van der Waals surface area contributed by atoms with Crippen LogP contribution in [0.1, 0.15) is 29.2 Å². The highest BCUT2D eigenvalue weighted by molar-refractivity contribution is 7.91. The third-order valence-corrected chi connectivity index (χ3v) is 8.65. The van der Waals surface area contributed by atoms with E-state index in [9.17, 15) is 36.3 Å². The van der Waals surface area contributed by atoms with Gasteiger partial charge in [0.15, 0.2) is 0 Å². The Morgan fingerprint density at radius 2 is 2.03 bits per heavy atom. The molecule has 0 aliphatic heterocycles. The second kappa shape index (κ2) is 9.22. The van der Waals surface area contributed by atoms with E-state index < -0.39 is 45.5 Å². The predicted octanol–water partition coefficient (Wildman–Crippen LogP) is 3.35. The number of halogens is 3. The zero-order chi connectivity index (χ0) is 26.3. The molecule has 0 unspecified atom stereocenters. The number of sulfonamides is 1. The van der Waals surface area contributed by atoms with Gasteiger partial charge in [-0.1, -0.05) is 29.4 Å². The van der Waals surface area contributed by atoms with Gasteiger partial charge < -0.3 is 20.1 Å². The molecule has 1 aliphatic carbocycles. The van der Waals surface area contributed by atoms with Crippen molar-refractivity contribution >= 4 is 33.4 Å². The van der Waals surface area contributed by atoms with Gasteiger partial charge in [-0.15, -0.1) is 11.3 Å². The molecule has 15 heteroatoms. The molecule has 1 amide bonds. The zero-order valence-electron chi connectivity index (χ0n) is 18.1. The fourth-order valence-corrected chi connectivity index (χ4v) is 6.37. The maximum atomic E-state index is 13.0. The van der Waals surface area contributed by atoms with Crippen LogP contribution in [0.25, 0.3) is 10.6 Å². The first-order chi connectivity index (χ1) is 16.8. The molecule has 10 nitrogen and oxygen atoms in total. The van der Waals surface area contributed by atoms with E-state index >= 15 is 0 Å². The van der Waals surface area contributed by atoms with E-state index in [2.05, 4.69) is 14.4 Å². The Morgan fingerprint density at radius 1 is 1.28 bits per heavy atom. The molecule has 2 aromatic heterocycles. The van der Waals surface area contributed by atoms with E-state index in [-0.39, 0.29) is 27.8 Å². The quantitative estimate of drug-likeness (QED) is 0.369. The molecule has 36 heavy (non-hydrogen) atoms. The van der Waals surface area contributed by atoms with Crippen LogP contribution in [0.3, 0.4) is 0 Å². The van der Waals surface area contributed by atoms with Crippen molar-refractivity contribution in [2.75, 3.05) is 6.61 Å². The van der Waals surface area contributed by atoms with Crippen LogP contribution in [-0.4, -0.2) is 42.9 Å². The van der Waals surface area contributed by atoms with Gasteiger partial charge in [-0.25, -0.2) is 13.2 Å². The number of carboxylic acid groups (broad SMARTS) is 1. The molecule has 4 rings (SSSR count). The lowest BCUT2D eigenvalue weighted by atomic mass is 10.0. The van der Waals surface area contributed by atoms with Crippen LogP contribution in [0.5, 0.6) is 0 Å². The van der Waals surface area contributed by atoms with Crippen molar-refractivity contribution in [1.29, 1.82) is 0 Å². The van der Waals surface area contributed by atoms with Crippen LogP contribution in [0, 0.1) is 0 Å². The van der Waals surface area contributed by atoms with E-state index in [1.807, 2.05) is 0 Å². The fraction of sp³-hybridized carbons (Fsp3) is 0.286. The van der Waals surface area contributed by atoms with Gasteiger partial charge >= 0.3 is 18.2 Å². The number of primary amides is 1. The molecule has 3 aromatic rings. The number of aliphatic carboxylic acids is 1. The van der Waals surface area contributed by atoms with Gasteiger partial charge in [-0.3, -0.25) is 4.79 Å². The standard InChI is InChI=1S/C21H18F3N3O7S2/c22-21(23,24)16-9-14(26-34-16)15-4-5-17(35-15)36(31,32)27-20(18(28)29)10-13(20)12-3-1-2-11(8-12)6-7-33-19(25)30/h1-5,8-9,13,27H,6-7,10H2,(H2,25,30)(H,28,29)/t13-,20+/m0/s1. The largest absolute Gasteiger partial charge is 0.480 e. The van der Waals surface area contributed by atoms with Gasteiger partial charge in [-0.2, -0.15) is 17.9 Å². The van der Waals surface area contributed by atoms with Gasteiger partial charge in [0.25, 0.3) is 10.0 Å². The van der Waals surface area contributed by atoms with Crippen molar-refractivity contribution in [3.8, 4) is 10.6 Å². The Morgan fingerprint density at radius 3 is 2.67 bits per heavy atom. The van der Waals surface area contributed by atoms with Crippen molar-refractivity contribution in [3.63, 3.8) is 0 Å². The lowest BCUT2D eigenvalue weighted by molar-refractivity contribution is -0.155. The zero-order valence-corrected chi connectivity index (χ0v) is 19.7. The average Bonchev–Trinajstić information content (AvgIpc) is 3.15. The number of rotatable bonds is 9. The number of carboxylic acids is 1. The number of hydrogen-bond donors (Lipinski definition) is 3. The smallest absolute Gasteiger partial charge is 0.452 e. The number of amides is 1. The molecule has 0 radical (unpaired) electrons. The summed E-state index contributed by atoms with van der Waals surface area (Å²) in [5, 5.41) is 13.2. The number of nitrogens with one attached hydrogen (secondary N) is 1. The third-order valence-electron chi connectivity index (χ3n) is 5.54. The maximum Gasteiger partial charge on any atom is 0.452 e. The van der Waals surface area contributed by atoms with Gasteiger partial charge in [0, 0.05) is 18.4 Å². The highest BCUT2D eigenvalue weighted by Gasteiger charge is 2.63. The summed E-state index contributed by atoms with van der Waals surface area (Å²) in [6, 6.07) is 9.82. The number of nitrogens with zero attached hydrogens (tertiary/aromatic N) is 1. The number of carbonyl (C=O) groups is 2. The topological polar surface area (TPSA) is 162 Å². The van der Waals surface area contributed by atoms with Crippen LogP contribution in [0.15, 0.2) is 51.2 Å². The Hall–Kier alpha value is -3.43. The van der Waals surface area contributed by atoms with Crippen LogP contribution < -0.4 is 10.5 Å². The molecule has 4 N–H and O–H groups in total. The maximum absolute atomic E-state index is 13.0. The number of benzene rings is 1. The number of aromatic nitrogens is 1. The Kier molecular flexibility index (Phi) is 6.57. The van der Waals surface area contributed by atoms with Crippen LogP contribution in [0.4, 0.5) is 18.0 Å². The van der Waals surface area contributed by atoms with E-state index in [0.717, 1.165) is 11.6 Å². The summed E-state index contributed by atoms with van der Waals surface area (Å²) < 4.78 is 75.2. The highest BCUT2D eigenvalue weighted by Crippen LogP contribution is 2.53. The summed E-state index contributed by atoms with van der Waals surface area (Å²) in [5.41, 5.74) is 4.23. The SMILES string of the molecule is NC(=O)OCCc1cccc([C@@H]2C[C@]2(NS(=O)(=O)c2ccc(-c3cc(C(F)(F)F)on3)s2)C(=O)O)c1. The molecule has 0 bridgehead atoms. The predicted molar refractivity (Wildman–Crippen MR) is 119 cm³/mol. The average molecular weight is 546 g/mol. The molecule has 0 spiro atoms. The summed E-state index contributed by atoms with van der Waals surface area (Å²) in [7, 11) is -4.35. The summed E-state index contributed by atoms with van der Waals surface area (Å²) in [5.74, 6) is -3.38. The Bertz CT molecular complexity index is 1420. The minimum Gasteiger partial charge on any atom is -0.480 e. The van der Waals surface area contributed by atoms with Gasteiger partial charge in [0.2, 0.25) is 5.76 Å². The minimum atomic E-state index is -4.75. The Labute approximate surface area is 205 Å². The summed E-state index contributed by atoms with van der Waals surface area (Å²) in [6.07, 6.45) is -5.36. The lowest BCUT2D eigenvalue weighted by Gasteiger charge is -2.15. The minimum absolute atomic E-state index is 0.0146. The van der Waals surface area contributed by atoms with Crippen LogP contribution in [0.2, 0.25) is 0 Å². The summed E-state index contributed by atoms with van der Waals surface area (Å²) >= 11 is 0.623. The number of ether oxygens (including phenoxy) is 1. The number of nitrogens with two attached hydrogens (primary N) is 1. The molecule has 2 atom stereocenters. The molecule has 1 aromatic carbocycles. The molecule has 1 saturated carbocycles.